The van der Waals surface area contributed by atoms with Crippen molar-refractivity contribution in [2.75, 3.05) is 4.31 Å². The molecular weight excluding hydrogens is 290 g/mol. The predicted molar refractivity (Wildman–Crippen MR) is 76.8 cm³/mol. The molecule has 0 fully saturated rings. The Balaban J connectivity index is 2.06. The third-order valence-electron chi connectivity index (χ3n) is 3.25. The van der Waals surface area contributed by atoms with E-state index in [1.807, 2.05) is 18.2 Å². The summed E-state index contributed by atoms with van der Waals surface area (Å²) in [4.78, 5) is 10.9. The Hall–Kier alpha value is -2.72. The molecule has 0 spiro atoms. The number of nitrogens with zero attached hydrogens (tertiary/aromatic N) is 3. The maximum absolute atomic E-state index is 12.5. The highest BCUT2D eigenvalue weighted by Crippen LogP contribution is 2.34. The minimum Gasteiger partial charge on any atom is -0.282 e. The van der Waals surface area contributed by atoms with Crippen molar-refractivity contribution >= 4 is 22.4 Å². The van der Waals surface area contributed by atoms with Gasteiger partial charge in [-0.2, -0.15) is 5.26 Å². The molecule has 0 aromatic heterocycles. The maximum atomic E-state index is 12.5. The smallest absolute Gasteiger partial charge is 0.270 e. The number of fused-ring (bicyclic) bond motifs is 1. The lowest BCUT2D eigenvalue weighted by Gasteiger charge is -2.17. The molecule has 0 aliphatic carbocycles. The molecule has 3 rings (SSSR count). The van der Waals surface area contributed by atoms with Crippen LogP contribution in [0, 0.1) is 21.4 Å². The first-order valence-corrected chi connectivity index (χ1v) is 7.18. The number of nitro groups is 1. The molecule has 0 amide bonds. The highest BCUT2D eigenvalue weighted by atomic mass is 32.2. The first-order chi connectivity index (χ1) is 10.1. The Morgan fingerprint density at radius 1 is 1.29 bits per heavy atom. The molecule has 104 valence electrons. The Morgan fingerprint density at radius 3 is 2.71 bits per heavy atom. The molecule has 0 radical (unpaired) electrons. The van der Waals surface area contributed by atoms with Crippen LogP contribution in [0.5, 0.6) is 0 Å². The van der Waals surface area contributed by atoms with Gasteiger partial charge in [0.05, 0.1) is 27.6 Å². The summed E-state index contributed by atoms with van der Waals surface area (Å²) >= 11 is 0. The topological polar surface area (TPSA) is 87.2 Å². The van der Waals surface area contributed by atoms with Gasteiger partial charge in [-0.3, -0.25) is 14.4 Å². The van der Waals surface area contributed by atoms with Gasteiger partial charge < -0.3 is 0 Å². The zero-order valence-electron chi connectivity index (χ0n) is 10.7. The molecule has 1 heterocycles. The van der Waals surface area contributed by atoms with Crippen molar-refractivity contribution in [2.45, 2.75) is 11.4 Å². The second kappa shape index (κ2) is 5.00. The van der Waals surface area contributed by atoms with Crippen molar-refractivity contribution < 1.29 is 9.13 Å². The molecule has 7 heteroatoms. The van der Waals surface area contributed by atoms with E-state index in [1.165, 1.54) is 18.2 Å². The first kappa shape index (κ1) is 13.3. The van der Waals surface area contributed by atoms with E-state index >= 15 is 0 Å². The molecule has 0 saturated heterocycles. The van der Waals surface area contributed by atoms with Crippen molar-refractivity contribution in [3.63, 3.8) is 0 Å². The van der Waals surface area contributed by atoms with Gasteiger partial charge in [-0.1, -0.05) is 18.2 Å². The summed E-state index contributed by atoms with van der Waals surface area (Å²) in [5.74, 6) is 0. The summed E-state index contributed by atoms with van der Waals surface area (Å²) in [5, 5.41) is 20.0. The molecule has 1 aliphatic rings. The number of nitriles is 1. The third kappa shape index (κ3) is 2.15. The number of rotatable bonds is 2. The van der Waals surface area contributed by atoms with Gasteiger partial charge in [0.15, 0.2) is 11.0 Å². The number of hydrogen-bond acceptors (Lipinski definition) is 4. The molecular formula is C14H9N3O3S. The highest BCUT2D eigenvalue weighted by Gasteiger charge is 2.29. The molecule has 0 bridgehead atoms. The van der Waals surface area contributed by atoms with Gasteiger partial charge in [0.1, 0.15) is 6.07 Å². The fourth-order valence-electron chi connectivity index (χ4n) is 2.26. The number of hydrogen-bond donors (Lipinski definition) is 0. The normalized spacial score (nSPS) is 16.3. The van der Waals surface area contributed by atoms with Crippen LogP contribution in [-0.2, 0) is 17.5 Å². The second-order valence-corrected chi connectivity index (χ2v) is 5.84. The van der Waals surface area contributed by atoms with Crippen LogP contribution in [0.25, 0.3) is 0 Å². The molecule has 0 saturated carbocycles. The third-order valence-corrected chi connectivity index (χ3v) is 4.76. The van der Waals surface area contributed by atoms with E-state index in [0.717, 1.165) is 5.56 Å². The van der Waals surface area contributed by atoms with E-state index in [0.29, 0.717) is 17.1 Å². The fourth-order valence-corrected chi connectivity index (χ4v) is 3.64. The average Bonchev–Trinajstić information content (AvgIpc) is 2.84. The monoisotopic (exact) mass is 299 g/mol. The lowest BCUT2D eigenvalue weighted by Crippen LogP contribution is -2.19. The minimum absolute atomic E-state index is 0.144. The van der Waals surface area contributed by atoms with Crippen molar-refractivity contribution in [1.82, 2.24) is 0 Å². The van der Waals surface area contributed by atoms with Gasteiger partial charge in [0.2, 0.25) is 0 Å². The SMILES string of the molecule is N#Cc1cc([N+](=O)[O-])ccc1N1Cc2ccccc2S1=O. The zero-order chi connectivity index (χ0) is 15.0. The summed E-state index contributed by atoms with van der Waals surface area (Å²) < 4.78 is 14.1. The summed E-state index contributed by atoms with van der Waals surface area (Å²) in [6.07, 6.45) is 0. The molecule has 0 N–H and O–H groups in total. The van der Waals surface area contributed by atoms with Gasteiger partial charge in [-0.15, -0.1) is 0 Å². The molecule has 21 heavy (non-hydrogen) atoms. The van der Waals surface area contributed by atoms with Gasteiger partial charge >= 0.3 is 0 Å². The standard InChI is InChI=1S/C14H9N3O3S/c15-8-11-7-12(17(18)19)5-6-13(11)16-9-10-3-1-2-4-14(10)21(16)20/h1-7H,9H2. The van der Waals surface area contributed by atoms with E-state index in [-0.39, 0.29) is 11.3 Å². The van der Waals surface area contributed by atoms with Crippen LogP contribution >= 0.6 is 0 Å². The van der Waals surface area contributed by atoms with E-state index in [1.54, 1.807) is 16.4 Å². The quantitative estimate of drug-likeness (QED) is 0.629. The van der Waals surface area contributed by atoms with Crippen LogP contribution in [0.4, 0.5) is 11.4 Å². The van der Waals surface area contributed by atoms with Crippen LogP contribution in [0.2, 0.25) is 0 Å². The van der Waals surface area contributed by atoms with Crippen LogP contribution in [0.1, 0.15) is 11.1 Å². The predicted octanol–water partition coefficient (Wildman–Crippen LogP) is 2.51. The van der Waals surface area contributed by atoms with Crippen LogP contribution in [0.15, 0.2) is 47.4 Å². The van der Waals surface area contributed by atoms with Crippen LogP contribution in [0.3, 0.4) is 0 Å². The first-order valence-electron chi connectivity index (χ1n) is 6.07. The van der Waals surface area contributed by atoms with Crippen LogP contribution < -0.4 is 4.31 Å². The van der Waals surface area contributed by atoms with Gasteiger partial charge in [-0.25, -0.2) is 4.21 Å². The molecule has 2 aromatic rings. The summed E-state index contributed by atoms with van der Waals surface area (Å²) in [6, 6.07) is 13.3. The van der Waals surface area contributed by atoms with Crippen molar-refractivity contribution in [3.05, 3.63) is 63.7 Å². The van der Waals surface area contributed by atoms with Crippen molar-refractivity contribution in [2.24, 2.45) is 0 Å². The molecule has 1 aliphatic heterocycles. The van der Waals surface area contributed by atoms with Gasteiger partial charge in [0, 0.05) is 12.1 Å². The van der Waals surface area contributed by atoms with Crippen molar-refractivity contribution in [1.29, 1.82) is 5.26 Å². The molecule has 6 nitrogen and oxygen atoms in total. The molecule has 1 atom stereocenters. The van der Waals surface area contributed by atoms with E-state index in [2.05, 4.69) is 0 Å². The van der Waals surface area contributed by atoms with Gasteiger partial charge in [0.25, 0.3) is 5.69 Å². The minimum atomic E-state index is -1.40. The molecule has 1 unspecified atom stereocenters. The Labute approximate surface area is 123 Å². The maximum Gasteiger partial charge on any atom is 0.270 e. The summed E-state index contributed by atoms with van der Waals surface area (Å²) in [7, 11) is -1.40. The Bertz CT molecular complexity index is 813. The summed E-state index contributed by atoms with van der Waals surface area (Å²) in [6.45, 7) is 0.412. The van der Waals surface area contributed by atoms with E-state index in [9.17, 15) is 19.6 Å². The van der Waals surface area contributed by atoms with Crippen molar-refractivity contribution in [3.8, 4) is 6.07 Å². The van der Waals surface area contributed by atoms with Crippen LogP contribution in [-0.4, -0.2) is 9.13 Å². The van der Waals surface area contributed by atoms with E-state index < -0.39 is 15.9 Å². The lowest BCUT2D eigenvalue weighted by atomic mass is 10.1. The Kier molecular flexibility index (Phi) is 3.16. The highest BCUT2D eigenvalue weighted by molar-refractivity contribution is 7.86. The largest absolute Gasteiger partial charge is 0.282 e. The number of benzene rings is 2. The number of non-ortho nitro benzene ring substituents is 1. The second-order valence-electron chi connectivity index (χ2n) is 4.46. The lowest BCUT2D eigenvalue weighted by molar-refractivity contribution is -0.384. The van der Waals surface area contributed by atoms with E-state index in [4.69, 9.17) is 0 Å². The Morgan fingerprint density at radius 2 is 2.05 bits per heavy atom. The summed E-state index contributed by atoms with van der Waals surface area (Å²) in [5.41, 5.74) is 1.36. The number of nitro benzene ring substituents is 1. The average molecular weight is 299 g/mol. The fraction of sp³-hybridized carbons (Fsp3) is 0.0714. The van der Waals surface area contributed by atoms with Gasteiger partial charge in [-0.05, 0) is 17.7 Å². The number of anilines is 1. The molecule has 2 aromatic carbocycles. The zero-order valence-corrected chi connectivity index (χ0v) is 11.5.